The van der Waals surface area contributed by atoms with Gasteiger partial charge >= 0.3 is 0 Å². The maximum atomic E-state index is 8.53. The van der Waals surface area contributed by atoms with Gasteiger partial charge in [-0.3, -0.25) is 0 Å². The number of ether oxygens (including phenoxy) is 1. The third-order valence-corrected chi connectivity index (χ3v) is 1.57. The molecule has 1 rings (SSSR count). The van der Waals surface area contributed by atoms with Crippen molar-refractivity contribution >= 4 is 5.71 Å². The van der Waals surface area contributed by atoms with Crippen molar-refractivity contribution in [3.63, 3.8) is 0 Å². The van der Waals surface area contributed by atoms with Crippen LogP contribution >= 0.6 is 0 Å². The smallest absolute Gasteiger partial charge is 0.186 e. The third-order valence-electron chi connectivity index (χ3n) is 1.57. The topological polar surface area (TPSA) is 65.6 Å². The largest absolute Gasteiger partial charge is 0.497 e. The van der Waals surface area contributed by atoms with Gasteiger partial charge in [0.25, 0.3) is 0 Å². The number of nitrogens with zero attached hydrogens (tertiary/aromatic N) is 2. The van der Waals surface area contributed by atoms with Crippen molar-refractivity contribution in [2.45, 2.75) is 0 Å². The van der Waals surface area contributed by atoms with E-state index in [1.54, 1.807) is 37.4 Å². The van der Waals surface area contributed by atoms with Gasteiger partial charge in [-0.1, -0.05) is 5.16 Å². The zero-order valence-corrected chi connectivity index (χ0v) is 7.06. The van der Waals surface area contributed by atoms with Gasteiger partial charge < -0.3 is 9.94 Å². The molecule has 4 nitrogen and oxygen atoms in total. The average molecular weight is 176 g/mol. The molecule has 0 radical (unpaired) electrons. The Bertz CT molecular complexity index is 349. The molecular formula is C9H8N2O2. The lowest BCUT2D eigenvalue weighted by atomic mass is 10.1. The molecule has 13 heavy (non-hydrogen) atoms. The molecule has 0 atom stereocenters. The van der Waals surface area contributed by atoms with Gasteiger partial charge in [-0.2, -0.15) is 5.26 Å². The molecule has 4 heteroatoms. The summed E-state index contributed by atoms with van der Waals surface area (Å²) >= 11 is 0. The number of oxime groups is 1. The van der Waals surface area contributed by atoms with E-state index in [9.17, 15) is 0 Å². The van der Waals surface area contributed by atoms with Crippen LogP contribution in [0.3, 0.4) is 0 Å². The van der Waals surface area contributed by atoms with Crippen molar-refractivity contribution in [2.24, 2.45) is 5.16 Å². The van der Waals surface area contributed by atoms with Crippen molar-refractivity contribution in [1.29, 1.82) is 5.26 Å². The van der Waals surface area contributed by atoms with Crippen molar-refractivity contribution in [3.8, 4) is 11.8 Å². The Hall–Kier alpha value is -2.02. The minimum Gasteiger partial charge on any atom is -0.497 e. The molecule has 0 aliphatic carbocycles. The van der Waals surface area contributed by atoms with Gasteiger partial charge in [0.1, 0.15) is 11.8 Å². The number of hydrogen-bond donors (Lipinski definition) is 1. The highest BCUT2D eigenvalue weighted by Crippen LogP contribution is 2.11. The summed E-state index contributed by atoms with van der Waals surface area (Å²) in [5.74, 6) is 0.693. The first kappa shape index (κ1) is 9.07. The van der Waals surface area contributed by atoms with Gasteiger partial charge in [-0.25, -0.2) is 0 Å². The lowest BCUT2D eigenvalue weighted by Gasteiger charge is -1.99. The molecule has 0 saturated heterocycles. The van der Waals surface area contributed by atoms with Crippen LogP contribution in [0.5, 0.6) is 5.75 Å². The summed E-state index contributed by atoms with van der Waals surface area (Å²) < 4.78 is 4.93. The molecule has 1 aromatic rings. The Balaban J connectivity index is 3.00. The second kappa shape index (κ2) is 4.12. The maximum Gasteiger partial charge on any atom is 0.186 e. The maximum absolute atomic E-state index is 8.53. The van der Waals surface area contributed by atoms with E-state index >= 15 is 0 Å². The first-order valence-electron chi connectivity index (χ1n) is 3.58. The van der Waals surface area contributed by atoms with Crippen LogP contribution in [-0.4, -0.2) is 18.0 Å². The quantitative estimate of drug-likeness (QED) is 0.420. The molecular weight excluding hydrogens is 168 g/mol. The van der Waals surface area contributed by atoms with Crippen LogP contribution in [0.2, 0.25) is 0 Å². The molecule has 1 N–H and O–H groups in total. The summed E-state index contributed by atoms with van der Waals surface area (Å²) in [4.78, 5) is 0. The number of nitriles is 1. The molecule has 0 aromatic heterocycles. The minimum atomic E-state index is -0.0114. The Morgan fingerprint density at radius 2 is 2.08 bits per heavy atom. The second-order valence-corrected chi connectivity index (χ2v) is 2.29. The monoisotopic (exact) mass is 176 g/mol. The van der Waals surface area contributed by atoms with Gasteiger partial charge in [0.2, 0.25) is 0 Å². The molecule has 0 aliphatic rings. The molecule has 0 saturated carbocycles. The summed E-state index contributed by atoms with van der Waals surface area (Å²) in [6.45, 7) is 0. The fourth-order valence-corrected chi connectivity index (χ4v) is 0.894. The lowest BCUT2D eigenvalue weighted by Crippen LogP contribution is -1.96. The van der Waals surface area contributed by atoms with Crippen molar-refractivity contribution in [2.75, 3.05) is 7.11 Å². The molecule has 0 unspecified atom stereocenters. The van der Waals surface area contributed by atoms with Gasteiger partial charge in [0.05, 0.1) is 7.11 Å². The number of hydrogen-bond acceptors (Lipinski definition) is 4. The molecule has 0 spiro atoms. The van der Waals surface area contributed by atoms with Crippen LogP contribution in [0.1, 0.15) is 5.56 Å². The van der Waals surface area contributed by atoms with Crippen LogP contribution in [0.25, 0.3) is 0 Å². The summed E-state index contributed by atoms with van der Waals surface area (Å²) in [6, 6.07) is 8.45. The Morgan fingerprint density at radius 1 is 1.46 bits per heavy atom. The van der Waals surface area contributed by atoms with E-state index in [2.05, 4.69) is 5.16 Å². The molecule has 0 aliphatic heterocycles. The van der Waals surface area contributed by atoms with Crippen molar-refractivity contribution in [3.05, 3.63) is 29.8 Å². The first-order valence-corrected chi connectivity index (χ1v) is 3.58. The number of rotatable bonds is 2. The molecule has 0 bridgehead atoms. The molecule has 66 valence electrons. The highest BCUT2D eigenvalue weighted by molar-refractivity contribution is 6.11. The number of benzene rings is 1. The summed E-state index contributed by atoms with van der Waals surface area (Å²) in [5, 5.41) is 19.8. The highest BCUT2D eigenvalue weighted by atomic mass is 16.5. The van der Waals surface area contributed by atoms with Gasteiger partial charge in [-0.15, -0.1) is 0 Å². The van der Waals surface area contributed by atoms with E-state index in [1.165, 1.54) is 0 Å². The van der Waals surface area contributed by atoms with Crippen LogP contribution in [0.4, 0.5) is 0 Å². The standard InChI is InChI=1S/C9H8N2O2/c1-13-8-4-2-7(3-5-8)9(6-10)11-12/h2-5,12H,1H3. The fourth-order valence-electron chi connectivity index (χ4n) is 0.894. The van der Waals surface area contributed by atoms with Crippen molar-refractivity contribution in [1.82, 2.24) is 0 Å². The Labute approximate surface area is 75.7 Å². The second-order valence-electron chi connectivity index (χ2n) is 2.29. The number of methoxy groups -OCH3 is 1. The SMILES string of the molecule is COc1ccc(C(C#N)=NO)cc1. The molecule has 0 heterocycles. The van der Waals surface area contributed by atoms with Crippen LogP contribution < -0.4 is 4.74 Å². The third kappa shape index (κ3) is 1.97. The first-order chi connectivity index (χ1) is 6.31. The van der Waals surface area contributed by atoms with E-state index < -0.39 is 0 Å². The Kier molecular flexibility index (Phi) is 2.87. The summed E-state index contributed by atoms with van der Waals surface area (Å²) in [6.07, 6.45) is 0. The minimum absolute atomic E-state index is 0.0114. The molecule has 0 fully saturated rings. The van der Waals surface area contributed by atoms with E-state index in [1.807, 2.05) is 0 Å². The predicted octanol–water partition coefficient (Wildman–Crippen LogP) is 1.40. The average Bonchev–Trinajstić information content (AvgIpc) is 2.21. The van der Waals surface area contributed by atoms with E-state index in [-0.39, 0.29) is 5.71 Å². The predicted molar refractivity (Wildman–Crippen MR) is 46.9 cm³/mol. The van der Waals surface area contributed by atoms with Gasteiger partial charge in [-0.05, 0) is 24.3 Å². The zero-order valence-electron chi connectivity index (χ0n) is 7.06. The summed E-state index contributed by atoms with van der Waals surface area (Å²) in [7, 11) is 1.56. The summed E-state index contributed by atoms with van der Waals surface area (Å²) in [5.41, 5.74) is 0.549. The van der Waals surface area contributed by atoms with Gasteiger partial charge in [0.15, 0.2) is 5.71 Å². The van der Waals surface area contributed by atoms with Crippen molar-refractivity contribution < 1.29 is 9.94 Å². The highest BCUT2D eigenvalue weighted by Gasteiger charge is 2.01. The van der Waals surface area contributed by atoms with Crippen LogP contribution in [0, 0.1) is 11.3 Å². The molecule has 0 amide bonds. The van der Waals surface area contributed by atoms with Gasteiger partial charge in [0, 0.05) is 5.56 Å². The van der Waals surface area contributed by atoms with Crippen LogP contribution in [-0.2, 0) is 0 Å². The van der Waals surface area contributed by atoms with E-state index in [4.69, 9.17) is 15.2 Å². The Morgan fingerprint density at radius 3 is 2.46 bits per heavy atom. The van der Waals surface area contributed by atoms with Crippen LogP contribution in [0.15, 0.2) is 29.4 Å². The normalized spacial score (nSPS) is 10.6. The molecule has 1 aromatic carbocycles. The lowest BCUT2D eigenvalue weighted by molar-refractivity contribution is 0.320. The fraction of sp³-hybridized carbons (Fsp3) is 0.111. The van der Waals surface area contributed by atoms with E-state index in [0.717, 1.165) is 0 Å². The van der Waals surface area contributed by atoms with E-state index in [0.29, 0.717) is 11.3 Å². The zero-order chi connectivity index (χ0) is 9.68.